The predicted octanol–water partition coefficient (Wildman–Crippen LogP) is 3.96. The van der Waals surface area contributed by atoms with E-state index in [4.69, 9.17) is 9.97 Å². The number of hydrogen-bond donors (Lipinski definition) is 0. The Morgan fingerprint density at radius 2 is 2.08 bits per heavy atom. The Morgan fingerprint density at radius 1 is 1.25 bits per heavy atom. The standard InChI is InChI=1S/C19H26N4S/c1-14-21-16-6-5-7-17(19(16)24-14)22(2)13-15-8-9-18(20-12-15)23-10-3-4-11-23/h8-9,12,17H,3-7,10-11,13H2,1-2H3/t17-/m0/s1. The highest BCUT2D eigenvalue weighted by Crippen LogP contribution is 2.37. The summed E-state index contributed by atoms with van der Waals surface area (Å²) in [5, 5.41) is 1.21. The van der Waals surface area contributed by atoms with E-state index in [1.54, 1.807) is 0 Å². The van der Waals surface area contributed by atoms with E-state index in [1.807, 2.05) is 11.3 Å². The molecule has 0 radical (unpaired) electrons. The van der Waals surface area contributed by atoms with Gasteiger partial charge in [0.15, 0.2) is 0 Å². The molecule has 4 nitrogen and oxygen atoms in total. The fraction of sp³-hybridized carbons (Fsp3) is 0.579. The van der Waals surface area contributed by atoms with E-state index < -0.39 is 0 Å². The van der Waals surface area contributed by atoms with Crippen molar-refractivity contribution >= 4 is 17.2 Å². The minimum Gasteiger partial charge on any atom is -0.357 e. The molecule has 0 bridgehead atoms. The van der Waals surface area contributed by atoms with Crippen LogP contribution in [-0.2, 0) is 13.0 Å². The maximum atomic E-state index is 4.72. The number of aromatic nitrogens is 2. The molecule has 0 spiro atoms. The van der Waals surface area contributed by atoms with Crippen molar-refractivity contribution in [2.75, 3.05) is 25.0 Å². The molecule has 4 rings (SSSR count). The Morgan fingerprint density at radius 3 is 2.83 bits per heavy atom. The van der Waals surface area contributed by atoms with Gasteiger partial charge in [-0.15, -0.1) is 11.3 Å². The quantitative estimate of drug-likeness (QED) is 0.842. The van der Waals surface area contributed by atoms with Gasteiger partial charge in [-0.25, -0.2) is 9.97 Å². The van der Waals surface area contributed by atoms with Gasteiger partial charge in [-0.2, -0.15) is 0 Å². The van der Waals surface area contributed by atoms with Crippen LogP contribution >= 0.6 is 11.3 Å². The molecule has 0 N–H and O–H groups in total. The van der Waals surface area contributed by atoms with Gasteiger partial charge >= 0.3 is 0 Å². The maximum Gasteiger partial charge on any atom is 0.128 e. The summed E-state index contributed by atoms with van der Waals surface area (Å²) in [6.45, 7) is 5.39. The summed E-state index contributed by atoms with van der Waals surface area (Å²) in [4.78, 5) is 15.8. The third-order valence-electron chi connectivity index (χ3n) is 5.23. The highest BCUT2D eigenvalue weighted by Gasteiger charge is 2.27. The zero-order chi connectivity index (χ0) is 16.5. The van der Waals surface area contributed by atoms with E-state index in [2.05, 4.69) is 42.1 Å². The molecule has 1 aliphatic carbocycles. The van der Waals surface area contributed by atoms with Crippen molar-refractivity contribution in [3.8, 4) is 0 Å². The molecule has 1 saturated heterocycles. The Bertz CT molecular complexity index is 688. The SMILES string of the molecule is Cc1nc2c(s1)[C@@H](N(C)Cc1ccc(N3CCCC3)nc1)CCC2. The topological polar surface area (TPSA) is 32.3 Å². The Balaban J connectivity index is 1.45. The highest BCUT2D eigenvalue weighted by atomic mass is 32.1. The van der Waals surface area contributed by atoms with Crippen LogP contribution in [0.1, 0.15) is 52.9 Å². The molecule has 2 aromatic heterocycles. The largest absolute Gasteiger partial charge is 0.357 e. The van der Waals surface area contributed by atoms with Gasteiger partial charge in [0, 0.05) is 36.8 Å². The molecule has 128 valence electrons. The lowest BCUT2D eigenvalue weighted by Crippen LogP contribution is -2.26. The second-order valence-corrected chi connectivity index (χ2v) is 8.32. The summed E-state index contributed by atoms with van der Waals surface area (Å²) in [7, 11) is 2.24. The fourth-order valence-electron chi connectivity index (χ4n) is 3.98. The van der Waals surface area contributed by atoms with Crippen LogP contribution in [0.2, 0.25) is 0 Å². The molecule has 1 atom stereocenters. The summed E-state index contributed by atoms with van der Waals surface area (Å²) < 4.78 is 0. The second-order valence-electron chi connectivity index (χ2n) is 7.09. The van der Waals surface area contributed by atoms with Crippen molar-refractivity contribution < 1.29 is 0 Å². The van der Waals surface area contributed by atoms with Gasteiger partial charge in [0.1, 0.15) is 5.82 Å². The zero-order valence-electron chi connectivity index (χ0n) is 14.7. The predicted molar refractivity (Wildman–Crippen MR) is 99.7 cm³/mol. The highest BCUT2D eigenvalue weighted by molar-refractivity contribution is 7.11. The number of pyridine rings is 1. The van der Waals surface area contributed by atoms with Crippen molar-refractivity contribution in [3.63, 3.8) is 0 Å². The fourth-order valence-corrected chi connectivity index (χ4v) is 5.16. The van der Waals surface area contributed by atoms with E-state index in [0.29, 0.717) is 6.04 Å². The monoisotopic (exact) mass is 342 g/mol. The molecule has 0 aromatic carbocycles. The number of nitrogens with zero attached hydrogens (tertiary/aromatic N) is 4. The molecule has 0 saturated carbocycles. The number of hydrogen-bond acceptors (Lipinski definition) is 5. The first-order valence-electron chi connectivity index (χ1n) is 9.07. The molecule has 1 aliphatic heterocycles. The Labute approximate surface area is 148 Å². The van der Waals surface area contributed by atoms with Gasteiger partial charge in [0.25, 0.3) is 0 Å². The van der Waals surface area contributed by atoms with Crippen molar-refractivity contribution in [3.05, 3.63) is 39.5 Å². The average molecular weight is 343 g/mol. The van der Waals surface area contributed by atoms with Crippen LogP contribution < -0.4 is 4.90 Å². The molecule has 2 aromatic rings. The van der Waals surface area contributed by atoms with Gasteiger partial charge in [-0.05, 0) is 57.7 Å². The van der Waals surface area contributed by atoms with Crippen LogP contribution in [0.3, 0.4) is 0 Å². The van der Waals surface area contributed by atoms with Gasteiger partial charge in [-0.3, -0.25) is 4.90 Å². The zero-order valence-corrected chi connectivity index (χ0v) is 15.5. The first-order valence-corrected chi connectivity index (χ1v) is 9.88. The van der Waals surface area contributed by atoms with E-state index in [1.165, 1.54) is 46.8 Å². The van der Waals surface area contributed by atoms with Crippen LogP contribution in [0.15, 0.2) is 18.3 Å². The van der Waals surface area contributed by atoms with Crippen molar-refractivity contribution in [1.82, 2.24) is 14.9 Å². The number of aryl methyl sites for hydroxylation is 2. The average Bonchev–Trinajstić information content (AvgIpc) is 3.23. The number of rotatable bonds is 4. The normalized spacial score (nSPS) is 20.6. The molecule has 2 aliphatic rings. The van der Waals surface area contributed by atoms with E-state index in [-0.39, 0.29) is 0 Å². The molecule has 1 fully saturated rings. The lowest BCUT2D eigenvalue weighted by atomic mass is 9.97. The number of anilines is 1. The van der Waals surface area contributed by atoms with Crippen LogP contribution in [0.25, 0.3) is 0 Å². The molecule has 24 heavy (non-hydrogen) atoms. The van der Waals surface area contributed by atoms with Crippen LogP contribution in [-0.4, -0.2) is 35.0 Å². The van der Waals surface area contributed by atoms with E-state index in [0.717, 1.165) is 31.9 Å². The molecule has 5 heteroatoms. The van der Waals surface area contributed by atoms with Gasteiger partial charge in [-0.1, -0.05) is 6.07 Å². The summed E-state index contributed by atoms with van der Waals surface area (Å²) in [6, 6.07) is 4.95. The van der Waals surface area contributed by atoms with Crippen LogP contribution in [0, 0.1) is 6.92 Å². The third-order valence-corrected chi connectivity index (χ3v) is 6.35. The molecular formula is C19H26N4S. The lowest BCUT2D eigenvalue weighted by Gasteiger charge is -2.30. The minimum atomic E-state index is 0.512. The molecule has 0 unspecified atom stereocenters. The maximum absolute atomic E-state index is 4.72. The number of thiazole rings is 1. The molecular weight excluding hydrogens is 316 g/mol. The van der Waals surface area contributed by atoms with Crippen LogP contribution in [0.5, 0.6) is 0 Å². The Hall–Kier alpha value is -1.46. The molecule has 3 heterocycles. The first kappa shape index (κ1) is 16.0. The van der Waals surface area contributed by atoms with Crippen molar-refractivity contribution in [1.29, 1.82) is 0 Å². The minimum absolute atomic E-state index is 0.512. The summed E-state index contributed by atoms with van der Waals surface area (Å²) in [5.74, 6) is 1.14. The van der Waals surface area contributed by atoms with Crippen molar-refractivity contribution in [2.45, 2.75) is 51.6 Å². The smallest absolute Gasteiger partial charge is 0.128 e. The second kappa shape index (κ2) is 6.81. The van der Waals surface area contributed by atoms with Gasteiger partial charge in [0.05, 0.1) is 10.7 Å². The van der Waals surface area contributed by atoms with Gasteiger partial charge in [0.2, 0.25) is 0 Å². The Kier molecular flexibility index (Phi) is 4.55. The van der Waals surface area contributed by atoms with Gasteiger partial charge < -0.3 is 4.90 Å². The first-order chi connectivity index (χ1) is 11.7. The van der Waals surface area contributed by atoms with E-state index in [9.17, 15) is 0 Å². The molecule has 0 amide bonds. The summed E-state index contributed by atoms with van der Waals surface area (Å²) in [6.07, 6.45) is 8.29. The summed E-state index contributed by atoms with van der Waals surface area (Å²) >= 11 is 1.88. The summed E-state index contributed by atoms with van der Waals surface area (Å²) in [5.41, 5.74) is 2.64. The van der Waals surface area contributed by atoms with E-state index >= 15 is 0 Å². The number of fused-ring (bicyclic) bond motifs is 1. The van der Waals surface area contributed by atoms with Crippen molar-refractivity contribution in [2.24, 2.45) is 0 Å². The van der Waals surface area contributed by atoms with Crippen LogP contribution in [0.4, 0.5) is 5.82 Å². The third kappa shape index (κ3) is 3.20. The lowest BCUT2D eigenvalue weighted by molar-refractivity contribution is 0.216.